The van der Waals surface area contributed by atoms with E-state index >= 15 is 0 Å². The first kappa shape index (κ1) is 33.2. The van der Waals surface area contributed by atoms with E-state index in [-0.39, 0.29) is 36.8 Å². The van der Waals surface area contributed by atoms with Crippen molar-refractivity contribution in [1.82, 2.24) is 20.9 Å². The Morgan fingerprint density at radius 1 is 0.787 bits per heavy atom. The fourth-order valence-corrected chi connectivity index (χ4v) is 6.24. The van der Waals surface area contributed by atoms with Crippen LogP contribution in [-0.2, 0) is 38.4 Å². The predicted molar refractivity (Wildman–Crippen MR) is 179 cm³/mol. The van der Waals surface area contributed by atoms with Gasteiger partial charge < -0.3 is 37.5 Å². The molecule has 1 heterocycles. The van der Waals surface area contributed by atoms with Crippen molar-refractivity contribution < 1.29 is 24.3 Å². The second-order valence-electron chi connectivity index (χ2n) is 12.3. The summed E-state index contributed by atoms with van der Waals surface area (Å²) in [5.74, 6) is -2.40. The number of nitrogens with two attached hydrogens (primary N) is 2. The highest BCUT2D eigenvalue weighted by Crippen LogP contribution is 2.26. The van der Waals surface area contributed by atoms with Gasteiger partial charge in [-0.05, 0) is 54.2 Å². The fourth-order valence-electron chi connectivity index (χ4n) is 6.24. The standard InChI is InChI=1S/C36H42N6O5/c37-28(18-23-14-16-25(43)17-15-23)35(46)40-30-13-7-5-11-27(30)34(45)42-32(20-24-21-39-29-12-6-4-10-26(24)29)36(47)41-31(33(38)44)19-22-8-2-1-3-9-22/h1-4,6,8-10,12,14-17,21,27-28,30-32,39,43H,5,7,11,13,18-20,37H2,(H2,38,44)(H,40,46)(H,41,47)(H,42,45)/t27-,28-,30-,31-,32-/m0/s1. The number of carbonyl (C=O) groups is 4. The van der Waals surface area contributed by atoms with Gasteiger partial charge in [-0.3, -0.25) is 19.2 Å². The molecule has 1 saturated carbocycles. The van der Waals surface area contributed by atoms with Gasteiger partial charge in [-0.15, -0.1) is 0 Å². The van der Waals surface area contributed by atoms with Crippen molar-refractivity contribution in [2.45, 2.75) is 69.1 Å². The van der Waals surface area contributed by atoms with E-state index in [4.69, 9.17) is 11.5 Å². The van der Waals surface area contributed by atoms with Crippen molar-refractivity contribution in [3.8, 4) is 5.75 Å². The summed E-state index contributed by atoms with van der Waals surface area (Å²) in [6.07, 6.45) is 5.21. The Hall–Kier alpha value is -5.16. The van der Waals surface area contributed by atoms with E-state index in [1.54, 1.807) is 12.1 Å². The normalized spacial score (nSPS) is 18.1. The van der Waals surface area contributed by atoms with Crippen molar-refractivity contribution >= 4 is 34.5 Å². The molecule has 11 nitrogen and oxygen atoms in total. The Balaban J connectivity index is 1.31. The molecule has 5 atom stereocenters. The van der Waals surface area contributed by atoms with Gasteiger partial charge in [0.2, 0.25) is 23.6 Å². The average Bonchev–Trinajstić information content (AvgIpc) is 3.48. The Bertz CT molecular complexity index is 1690. The van der Waals surface area contributed by atoms with Crippen molar-refractivity contribution in [1.29, 1.82) is 0 Å². The average molecular weight is 639 g/mol. The first-order valence-corrected chi connectivity index (χ1v) is 16.0. The molecular formula is C36H42N6O5. The number of primary amides is 1. The highest BCUT2D eigenvalue weighted by Gasteiger charge is 2.36. The van der Waals surface area contributed by atoms with Gasteiger partial charge in [0.15, 0.2) is 0 Å². The van der Waals surface area contributed by atoms with Crippen LogP contribution in [0, 0.1) is 5.92 Å². The van der Waals surface area contributed by atoms with Gasteiger partial charge in [0, 0.05) is 36.0 Å². The summed E-state index contributed by atoms with van der Waals surface area (Å²) in [6, 6.07) is 20.1. The quantitative estimate of drug-likeness (QED) is 0.118. The van der Waals surface area contributed by atoms with E-state index < -0.39 is 41.9 Å². The minimum atomic E-state index is -1.02. The summed E-state index contributed by atoms with van der Waals surface area (Å²) < 4.78 is 0. The molecule has 1 aromatic heterocycles. The molecular weight excluding hydrogens is 596 g/mol. The van der Waals surface area contributed by atoms with Crippen LogP contribution in [0.3, 0.4) is 0 Å². The summed E-state index contributed by atoms with van der Waals surface area (Å²) in [5, 5.41) is 19.2. The molecule has 246 valence electrons. The topological polar surface area (TPSA) is 192 Å². The summed E-state index contributed by atoms with van der Waals surface area (Å²) in [7, 11) is 0. The predicted octanol–water partition coefficient (Wildman–Crippen LogP) is 2.36. The van der Waals surface area contributed by atoms with Gasteiger partial charge in [-0.2, -0.15) is 0 Å². The van der Waals surface area contributed by atoms with Crippen molar-refractivity contribution in [2.75, 3.05) is 0 Å². The number of benzene rings is 3. The highest BCUT2D eigenvalue weighted by atomic mass is 16.3. The van der Waals surface area contributed by atoms with E-state index in [2.05, 4.69) is 20.9 Å². The number of hydrogen-bond donors (Lipinski definition) is 7. The van der Waals surface area contributed by atoms with Gasteiger partial charge in [0.25, 0.3) is 0 Å². The molecule has 11 heteroatoms. The number of para-hydroxylation sites is 1. The second kappa shape index (κ2) is 15.4. The number of amides is 4. The third-order valence-corrected chi connectivity index (χ3v) is 8.83. The molecule has 0 spiro atoms. The number of H-pyrrole nitrogens is 1. The van der Waals surface area contributed by atoms with Gasteiger partial charge in [-0.1, -0.05) is 73.5 Å². The van der Waals surface area contributed by atoms with Crippen LogP contribution in [0.15, 0.2) is 85.1 Å². The van der Waals surface area contributed by atoms with Crippen LogP contribution >= 0.6 is 0 Å². The lowest BCUT2D eigenvalue weighted by molar-refractivity contribution is -0.134. The molecule has 1 aliphatic rings. The van der Waals surface area contributed by atoms with E-state index in [1.807, 2.05) is 60.8 Å². The molecule has 1 aliphatic carbocycles. The summed E-state index contributed by atoms with van der Waals surface area (Å²) >= 11 is 0. The van der Waals surface area contributed by atoms with E-state index in [9.17, 15) is 24.3 Å². The van der Waals surface area contributed by atoms with Crippen LogP contribution in [0.5, 0.6) is 5.75 Å². The molecule has 1 fully saturated rings. The maximum absolute atomic E-state index is 13.9. The van der Waals surface area contributed by atoms with Gasteiger partial charge >= 0.3 is 0 Å². The second-order valence-corrected chi connectivity index (χ2v) is 12.3. The monoisotopic (exact) mass is 638 g/mol. The number of rotatable bonds is 13. The summed E-state index contributed by atoms with van der Waals surface area (Å²) in [4.78, 5) is 56.5. The fraction of sp³-hybridized carbons (Fsp3) is 0.333. The molecule has 0 saturated heterocycles. The summed E-state index contributed by atoms with van der Waals surface area (Å²) in [5.41, 5.74) is 15.3. The molecule has 0 unspecified atom stereocenters. The molecule has 0 radical (unpaired) electrons. The highest BCUT2D eigenvalue weighted by molar-refractivity contribution is 5.93. The number of nitrogens with one attached hydrogen (secondary N) is 4. The first-order chi connectivity index (χ1) is 22.7. The summed E-state index contributed by atoms with van der Waals surface area (Å²) in [6.45, 7) is 0. The number of phenolic OH excluding ortho intramolecular Hbond substituents is 1. The van der Waals surface area contributed by atoms with Gasteiger partial charge in [0.1, 0.15) is 17.8 Å². The Kier molecular flexibility index (Phi) is 10.9. The van der Waals surface area contributed by atoms with E-state index in [1.165, 1.54) is 12.1 Å². The Labute approximate surface area is 273 Å². The van der Waals surface area contributed by atoms with Crippen molar-refractivity contribution in [3.63, 3.8) is 0 Å². The molecule has 4 aromatic rings. The molecule has 4 amide bonds. The molecule has 0 bridgehead atoms. The largest absolute Gasteiger partial charge is 0.508 e. The zero-order valence-electron chi connectivity index (χ0n) is 26.2. The zero-order valence-corrected chi connectivity index (χ0v) is 26.2. The molecule has 47 heavy (non-hydrogen) atoms. The number of aromatic hydroxyl groups is 1. The third kappa shape index (κ3) is 8.76. The molecule has 3 aromatic carbocycles. The SMILES string of the molecule is NC(=O)[C@H](Cc1ccccc1)NC(=O)[C@H](Cc1c[nH]c2ccccc12)NC(=O)[C@H]1CCCC[C@@H]1NC(=O)[C@@H](N)Cc1ccc(O)cc1. The van der Waals surface area contributed by atoms with Crippen molar-refractivity contribution in [2.24, 2.45) is 17.4 Å². The lowest BCUT2D eigenvalue weighted by Crippen LogP contribution is -2.57. The minimum Gasteiger partial charge on any atom is -0.508 e. The van der Waals surface area contributed by atoms with E-state index in [0.717, 1.165) is 40.4 Å². The van der Waals surface area contributed by atoms with Crippen LogP contribution in [0.2, 0.25) is 0 Å². The first-order valence-electron chi connectivity index (χ1n) is 16.0. The Morgan fingerprint density at radius 2 is 1.47 bits per heavy atom. The van der Waals surface area contributed by atoms with Crippen LogP contribution in [0.25, 0.3) is 10.9 Å². The molecule has 9 N–H and O–H groups in total. The van der Waals surface area contributed by atoms with E-state index in [0.29, 0.717) is 12.8 Å². The van der Waals surface area contributed by atoms with Crippen LogP contribution < -0.4 is 27.4 Å². The maximum Gasteiger partial charge on any atom is 0.243 e. The molecule has 0 aliphatic heterocycles. The number of fused-ring (bicyclic) bond motifs is 1. The number of aromatic nitrogens is 1. The number of phenols is 1. The Morgan fingerprint density at radius 3 is 2.21 bits per heavy atom. The van der Waals surface area contributed by atoms with Crippen LogP contribution in [0.1, 0.15) is 42.4 Å². The maximum atomic E-state index is 13.9. The number of hydrogen-bond acceptors (Lipinski definition) is 6. The number of carbonyl (C=O) groups excluding carboxylic acids is 4. The van der Waals surface area contributed by atoms with Crippen LogP contribution in [0.4, 0.5) is 0 Å². The van der Waals surface area contributed by atoms with Gasteiger partial charge in [-0.25, -0.2) is 0 Å². The zero-order chi connectivity index (χ0) is 33.3. The third-order valence-electron chi connectivity index (χ3n) is 8.83. The van der Waals surface area contributed by atoms with Gasteiger partial charge in [0.05, 0.1) is 12.0 Å². The lowest BCUT2D eigenvalue weighted by atomic mass is 9.83. The number of aromatic amines is 1. The molecule has 5 rings (SSSR count). The van der Waals surface area contributed by atoms with Crippen LogP contribution in [-0.4, -0.2) is 57.9 Å². The smallest absolute Gasteiger partial charge is 0.243 e. The van der Waals surface area contributed by atoms with Crippen molar-refractivity contribution in [3.05, 3.63) is 102 Å². The minimum absolute atomic E-state index is 0.126. The lowest BCUT2D eigenvalue weighted by Gasteiger charge is -2.33.